The van der Waals surface area contributed by atoms with Crippen LogP contribution in [0.2, 0.25) is 0 Å². The zero-order valence-corrected chi connectivity index (χ0v) is 8.34. The van der Waals surface area contributed by atoms with E-state index in [0.29, 0.717) is 11.3 Å². The van der Waals surface area contributed by atoms with Crippen LogP contribution in [-0.4, -0.2) is 19.2 Å². The maximum absolute atomic E-state index is 10.9. The Bertz CT molecular complexity index is 440. The standard InChI is InChI=1S/C11H8N2O3/c12-5-6-15-11(14)8-16-10-3-1-9(7-13)2-4-10/h1-4H,6,8H2. The van der Waals surface area contributed by atoms with Crippen molar-refractivity contribution in [2.75, 3.05) is 13.2 Å². The Hall–Kier alpha value is -2.53. The summed E-state index contributed by atoms with van der Waals surface area (Å²) in [5.74, 6) is -0.140. The third kappa shape index (κ3) is 3.69. The van der Waals surface area contributed by atoms with E-state index in [1.54, 1.807) is 30.3 Å². The van der Waals surface area contributed by atoms with E-state index < -0.39 is 5.97 Å². The molecular weight excluding hydrogens is 208 g/mol. The van der Waals surface area contributed by atoms with Gasteiger partial charge in [-0.2, -0.15) is 10.5 Å². The first-order valence-corrected chi connectivity index (χ1v) is 4.42. The second-order valence-electron chi connectivity index (χ2n) is 2.74. The van der Waals surface area contributed by atoms with Crippen LogP contribution in [0.5, 0.6) is 5.75 Å². The van der Waals surface area contributed by atoms with Gasteiger partial charge >= 0.3 is 5.97 Å². The lowest BCUT2D eigenvalue weighted by Crippen LogP contribution is -2.14. The first-order chi connectivity index (χ1) is 7.76. The zero-order chi connectivity index (χ0) is 11.8. The van der Waals surface area contributed by atoms with Crippen LogP contribution in [0, 0.1) is 22.7 Å². The normalized spacial score (nSPS) is 8.62. The Morgan fingerprint density at radius 3 is 2.50 bits per heavy atom. The third-order valence-electron chi connectivity index (χ3n) is 1.64. The summed E-state index contributed by atoms with van der Waals surface area (Å²) in [6, 6.07) is 9.96. The van der Waals surface area contributed by atoms with Crippen molar-refractivity contribution < 1.29 is 14.3 Å². The molecular formula is C11H8N2O3. The van der Waals surface area contributed by atoms with Crippen molar-refractivity contribution in [3.8, 4) is 17.9 Å². The van der Waals surface area contributed by atoms with Crippen LogP contribution in [0.25, 0.3) is 0 Å². The molecule has 5 heteroatoms. The van der Waals surface area contributed by atoms with Crippen molar-refractivity contribution in [2.24, 2.45) is 0 Å². The van der Waals surface area contributed by atoms with E-state index in [1.165, 1.54) is 0 Å². The molecule has 0 amide bonds. The van der Waals surface area contributed by atoms with Gasteiger partial charge in [-0.25, -0.2) is 4.79 Å². The number of hydrogen-bond donors (Lipinski definition) is 0. The Labute approximate surface area is 92.4 Å². The summed E-state index contributed by atoms with van der Waals surface area (Å²) in [7, 11) is 0. The highest BCUT2D eigenvalue weighted by Crippen LogP contribution is 2.11. The van der Waals surface area contributed by atoms with Crippen LogP contribution >= 0.6 is 0 Å². The molecule has 0 fully saturated rings. The summed E-state index contributed by atoms with van der Waals surface area (Å²) in [5.41, 5.74) is 0.513. The van der Waals surface area contributed by atoms with Crippen molar-refractivity contribution in [3.63, 3.8) is 0 Å². The quantitative estimate of drug-likeness (QED) is 0.701. The van der Waals surface area contributed by atoms with Crippen LogP contribution in [-0.2, 0) is 9.53 Å². The molecule has 0 saturated carbocycles. The molecule has 0 radical (unpaired) electrons. The largest absolute Gasteiger partial charge is 0.482 e. The molecule has 0 saturated heterocycles. The van der Waals surface area contributed by atoms with Gasteiger partial charge in [0.15, 0.2) is 13.2 Å². The molecule has 0 N–H and O–H groups in total. The van der Waals surface area contributed by atoms with Crippen molar-refractivity contribution in [3.05, 3.63) is 29.8 Å². The van der Waals surface area contributed by atoms with E-state index in [9.17, 15) is 4.79 Å². The third-order valence-corrected chi connectivity index (χ3v) is 1.64. The van der Waals surface area contributed by atoms with Gasteiger partial charge in [0.1, 0.15) is 11.8 Å². The SMILES string of the molecule is N#CCOC(=O)COc1ccc(C#N)cc1. The number of rotatable bonds is 4. The molecule has 5 nitrogen and oxygen atoms in total. The summed E-state index contributed by atoms with van der Waals surface area (Å²) in [5, 5.41) is 16.7. The number of ether oxygens (including phenoxy) is 2. The number of esters is 1. The highest BCUT2D eigenvalue weighted by molar-refractivity contribution is 5.71. The highest BCUT2D eigenvalue weighted by atomic mass is 16.6. The molecule has 1 aromatic carbocycles. The molecule has 0 unspecified atom stereocenters. The van der Waals surface area contributed by atoms with Crippen LogP contribution in [0.15, 0.2) is 24.3 Å². The topological polar surface area (TPSA) is 83.1 Å². The molecule has 1 aromatic rings. The summed E-state index contributed by atoms with van der Waals surface area (Å²) >= 11 is 0. The van der Waals surface area contributed by atoms with Gasteiger partial charge in [0.2, 0.25) is 0 Å². The number of hydrogen-bond acceptors (Lipinski definition) is 5. The number of benzene rings is 1. The number of carbonyl (C=O) groups excluding carboxylic acids is 1. The molecule has 16 heavy (non-hydrogen) atoms. The minimum Gasteiger partial charge on any atom is -0.482 e. The minimum atomic E-state index is -0.606. The van der Waals surface area contributed by atoms with Crippen molar-refractivity contribution in [1.29, 1.82) is 10.5 Å². The second-order valence-corrected chi connectivity index (χ2v) is 2.74. The molecule has 1 rings (SSSR count). The fraction of sp³-hybridized carbons (Fsp3) is 0.182. The molecule has 0 aliphatic carbocycles. The van der Waals surface area contributed by atoms with Gasteiger partial charge < -0.3 is 9.47 Å². The van der Waals surface area contributed by atoms with Gasteiger partial charge in [-0.3, -0.25) is 0 Å². The van der Waals surface area contributed by atoms with E-state index in [-0.39, 0.29) is 13.2 Å². The Balaban J connectivity index is 2.40. The van der Waals surface area contributed by atoms with E-state index >= 15 is 0 Å². The zero-order valence-electron chi connectivity index (χ0n) is 8.34. The smallest absolute Gasteiger partial charge is 0.345 e. The lowest BCUT2D eigenvalue weighted by molar-refractivity contribution is -0.144. The predicted octanol–water partition coefficient (Wildman–Crippen LogP) is 1.00. The average molecular weight is 216 g/mol. The molecule has 0 spiro atoms. The van der Waals surface area contributed by atoms with E-state index in [0.717, 1.165) is 0 Å². The van der Waals surface area contributed by atoms with Gasteiger partial charge in [0.05, 0.1) is 11.6 Å². The van der Waals surface area contributed by atoms with Crippen LogP contribution in [0.4, 0.5) is 0 Å². The Morgan fingerprint density at radius 1 is 1.25 bits per heavy atom. The van der Waals surface area contributed by atoms with Crippen molar-refractivity contribution in [1.82, 2.24) is 0 Å². The number of carbonyl (C=O) groups is 1. The van der Waals surface area contributed by atoms with E-state index in [4.69, 9.17) is 15.3 Å². The number of nitrogens with zero attached hydrogens (tertiary/aromatic N) is 2. The summed E-state index contributed by atoms with van der Waals surface area (Å²) in [4.78, 5) is 10.9. The van der Waals surface area contributed by atoms with E-state index in [1.807, 2.05) is 6.07 Å². The monoisotopic (exact) mass is 216 g/mol. The first-order valence-electron chi connectivity index (χ1n) is 4.42. The van der Waals surface area contributed by atoms with Gasteiger partial charge in [-0.05, 0) is 24.3 Å². The van der Waals surface area contributed by atoms with Crippen LogP contribution in [0.1, 0.15) is 5.56 Å². The molecule has 0 atom stereocenters. The van der Waals surface area contributed by atoms with Crippen LogP contribution in [0.3, 0.4) is 0 Å². The molecule has 0 bridgehead atoms. The number of nitriles is 2. The van der Waals surface area contributed by atoms with Gasteiger partial charge in [0, 0.05) is 0 Å². The summed E-state index contributed by atoms with van der Waals surface area (Å²) in [6.45, 7) is -0.539. The summed E-state index contributed by atoms with van der Waals surface area (Å²) in [6.07, 6.45) is 0. The molecule has 0 heterocycles. The molecule has 0 aliphatic rings. The fourth-order valence-corrected chi connectivity index (χ4v) is 0.922. The fourth-order valence-electron chi connectivity index (χ4n) is 0.922. The molecule has 0 aromatic heterocycles. The van der Waals surface area contributed by atoms with Crippen molar-refractivity contribution >= 4 is 5.97 Å². The predicted molar refractivity (Wildman–Crippen MR) is 53.2 cm³/mol. The van der Waals surface area contributed by atoms with Crippen molar-refractivity contribution in [2.45, 2.75) is 0 Å². The maximum atomic E-state index is 10.9. The van der Waals surface area contributed by atoms with Gasteiger partial charge in [0.25, 0.3) is 0 Å². The molecule has 80 valence electrons. The average Bonchev–Trinajstić information content (AvgIpc) is 2.34. The van der Waals surface area contributed by atoms with Gasteiger partial charge in [-0.1, -0.05) is 0 Å². The van der Waals surface area contributed by atoms with Gasteiger partial charge in [-0.15, -0.1) is 0 Å². The lowest BCUT2D eigenvalue weighted by Gasteiger charge is -2.04. The van der Waals surface area contributed by atoms with Crippen LogP contribution < -0.4 is 4.74 Å². The Kier molecular flexibility index (Phi) is 4.36. The first kappa shape index (κ1) is 11.5. The minimum absolute atomic E-state index is 0.256. The van der Waals surface area contributed by atoms with E-state index in [2.05, 4.69) is 4.74 Å². The maximum Gasteiger partial charge on any atom is 0.345 e. The highest BCUT2D eigenvalue weighted by Gasteiger charge is 2.03. The summed E-state index contributed by atoms with van der Waals surface area (Å²) < 4.78 is 9.55. The second kappa shape index (κ2) is 6.05. The molecule has 0 aliphatic heterocycles. The lowest BCUT2D eigenvalue weighted by atomic mass is 10.2. The Morgan fingerprint density at radius 2 is 1.94 bits per heavy atom.